The van der Waals surface area contributed by atoms with Crippen LogP contribution in [0.1, 0.15) is 41.5 Å². The highest BCUT2D eigenvalue weighted by Gasteiger charge is 2.36. The smallest absolute Gasteiger partial charge is 0.255 e. The topological polar surface area (TPSA) is 55.4 Å². The third-order valence-corrected chi connectivity index (χ3v) is 7.45. The van der Waals surface area contributed by atoms with E-state index in [0.29, 0.717) is 18.1 Å². The first-order valence-corrected chi connectivity index (χ1v) is 12.1. The molecule has 1 atom stereocenters. The van der Waals surface area contributed by atoms with Crippen molar-refractivity contribution in [3.05, 3.63) is 76.5 Å². The van der Waals surface area contributed by atoms with Crippen molar-refractivity contribution < 1.29 is 13.7 Å². The summed E-state index contributed by atoms with van der Waals surface area (Å²) in [6.07, 6.45) is 2.73. The number of hydrogen-bond donors (Lipinski definition) is 1. The van der Waals surface area contributed by atoms with Crippen LogP contribution in [0, 0.1) is 19.8 Å². The molecule has 158 valence electrons. The number of amides is 1. The van der Waals surface area contributed by atoms with Gasteiger partial charge < -0.3 is 10.1 Å². The number of benzene rings is 2. The molecule has 0 spiro atoms. The van der Waals surface area contributed by atoms with E-state index < -0.39 is 10.8 Å². The van der Waals surface area contributed by atoms with Gasteiger partial charge in [-0.2, -0.15) is 0 Å². The average molecular weight is 424 g/mol. The van der Waals surface area contributed by atoms with E-state index in [-0.39, 0.29) is 11.9 Å². The van der Waals surface area contributed by atoms with E-state index in [1.165, 1.54) is 0 Å². The van der Waals surface area contributed by atoms with Crippen LogP contribution in [0.15, 0.2) is 54.3 Å². The maximum absolute atomic E-state index is 13.1. The molecule has 1 fully saturated rings. The zero-order valence-corrected chi connectivity index (χ0v) is 18.5. The molecule has 1 saturated heterocycles. The number of hydrogen-bond acceptors (Lipinski definition) is 3. The average Bonchev–Trinajstić information content (AvgIpc) is 3.05. The monoisotopic (exact) mass is 423 g/mol. The van der Waals surface area contributed by atoms with Gasteiger partial charge in [0.25, 0.3) is 5.91 Å². The highest BCUT2D eigenvalue weighted by Crippen LogP contribution is 2.35. The molecular formula is C25H29NO3S. The summed E-state index contributed by atoms with van der Waals surface area (Å²) < 4.78 is 18.1. The molecule has 0 radical (unpaired) electrons. The van der Waals surface area contributed by atoms with Gasteiger partial charge in [0.15, 0.2) is 0 Å². The third kappa shape index (κ3) is 4.67. The summed E-state index contributed by atoms with van der Waals surface area (Å²) in [5, 5.41) is 3.18. The Balaban J connectivity index is 1.65. The summed E-state index contributed by atoms with van der Waals surface area (Å²) in [4.78, 5) is 13.1. The molecule has 1 N–H and O–H groups in total. The summed E-state index contributed by atoms with van der Waals surface area (Å²) in [5.74, 6) is 2.68. The Morgan fingerprint density at radius 1 is 1.07 bits per heavy atom. The second-order valence-corrected chi connectivity index (χ2v) is 10.1. The van der Waals surface area contributed by atoms with Gasteiger partial charge in [-0.3, -0.25) is 9.00 Å². The Kier molecular flexibility index (Phi) is 6.38. The Morgan fingerprint density at radius 3 is 2.53 bits per heavy atom. The maximum atomic E-state index is 13.1. The molecule has 1 unspecified atom stereocenters. The molecule has 2 aromatic carbocycles. The largest absolute Gasteiger partial charge is 0.490 e. The van der Waals surface area contributed by atoms with Crippen molar-refractivity contribution in [3.8, 4) is 0 Å². The first-order valence-electron chi connectivity index (χ1n) is 10.7. The lowest BCUT2D eigenvalue weighted by Gasteiger charge is -2.25. The first kappa shape index (κ1) is 20.9. The molecule has 4 rings (SSSR count). The molecule has 2 aliphatic heterocycles. The van der Waals surface area contributed by atoms with E-state index in [1.54, 1.807) is 0 Å². The van der Waals surface area contributed by atoms with Crippen molar-refractivity contribution in [3.63, 3.8) is 0 Å². The van der Waals surface area contributed by atoms with E-state index in [1.807, 2.05) is 44.2 Å². The minimum absolute atomic E-state index is 0.0591. The number of carbonyl (C=O) groups is 1. The van der Waals surface area contributed by atoms with Crippen LogP contribution in [-0.4, -0.2) is 27.7 Å². The minimum atomic E-state index is -0.681. The molecule has 1 amide bonds. The van der Waals surface area contributed by atoms with E-state index in [4.69, 9.17) is 4.74 Å². The fourth-order valence-corrected chi connectivity index (χ4v) is 5.72. The number of rotatable bonds is 6. The van der Waals surface area contributed by atoms with Gasteiger partial charge in [0.2, 0.25) is 0 Å². The van der Waals surface area contributed by atoms with Gasteiger partial charge in [-0.1, -0.05) is 54.1 Å². The van der Waals surface area contributed by atoms with Crippen LogP contribution in [0.4, 0.5) is 0 Å². The zero-order valence-electron chi connectivity index (χ0n) is 17.6. The lowest BCUT2D eigenvalue weighted by atomic mass is 9.92. The number of nitrogens with one attached hydrogen (secondary N) is 1. The number of carbonyl (C=O) groups excluding carboxylic acids is 1. The molecule has 5 heteroatoms. The van der Waals surface area contributed by atoms with Gasteiger partial charge in [-0.15, -0.1) is 0 Å². The van der Waals surface area contributed by atoms with Crippen molar-refractivity contribution in [2.45, 2.75) is 45.8 Å². The predicted molar refractivity (Wildman–Crippen MR) is 121 cm³/mol. The van der Waals surface area contributed by atoms with Crippen LogP contribution in [0.3, 0.4) is 0 Å². The zero-order chi connectivity index (χ0) is 21.1. The van der Waals surface area contributed by atoms with Crippen molar-refractivity contribution in [2.75, 3.05) is 11.5 Å². The molecule has 4 nitrogen and oxygen atoms in total. The van der Waals surface area contributed by atoms with Crippen LogP contribution in [0.5, 0.6) is 0 Å². The van der Waals surface area contributed by atoms with Crippen molar-refractivity contribution in [2.24, 2.45) is 5.92 Å². The molecule has 0 aliphatic carbocycles. The van der Waals surface area contributed by atoms with E-state index in [0.717, 1.165) is 58.8 Å². The van der Waals surface area contributed by atoms with E-state index >= 15 is 0 Å². The fourth-order valence-electron chi connectivity index (χ4n) is 4.33. The third-order valence-electron chi connectivity index (χ3n) is 6.07. The maximum Gasteiger partial charge on any atom is 0.255 e. The Hall–Kier alpha value is -2.40. The lowest BCUT2D eigenvalue weighted by Crippen LogP contribution is -2.33. The van der Waals surface area contributed by atoms with Gasteiger partial charge in [0.05, 0.1) is 11.6 Å². The van der Waals surface area contributed by atoms with Crippen molar-refractivity contribution in [1.29, 1.82) is 0 Å². The second kappa shape index (κ2) is 9.17. The van der Waals surface area contributed by atoms with Gasteiger partial charge in [-0.25, -0.2) is 0 Å². The van der Waals surface area contributed by atoms with Crippen molar-refractivity contribution in [1.82, 2.24) is 5.32 Å². The van der Waals surface area contributed by atoms with Crippen LogP contribution in [0.2, 0.25) is 0 Å². The lowest BCUT2D eigenvalue weighted by molar-refractivity contribution is -0.115. The molecular weight excluding hydrogens is 394 g/mol. The number of aryl methyl sites for hydroxylation is 2. The van der Waals surface area contributed by atoms with Crippen LogP contribution in [-0.2, 0) is 26.9 Å². The normalized spacial score (nSPS) is 24.1. The summed E-state index contributed by atoms with van der Waals surface area (Å²) in [6.45, 7) is 4.51. The van der Waals surface area contributed by atoms with E-state index in [9.17, 15) is 9.00 Å². The Labute approximate surface area is 181 Å². The molecule has 2 aromatic rings. The van der Waals surface area contributed by atoms with E-state index in [2.05, 4.69) is 23.5 Å². The van der Waals surface area contributed by atoms with Crippen molar-refractivity contribution >= 4 is 22.3 Å². The first-order chi connectivity index (χ1) is 14.5. The summed E-state index contributed by atoms with van der Waals surface area (Å²) >= 11 is 0. The number of ether oxygens (including phenoxy) is 1. The summed E-state index contributed by atoms with van der Waals surface area (Å²) in [5.41, 5.74) is 4.88. The SMILES string of the molecule is Cc1ccc(C)c(C2=C(OCc3ccccc3)C(CC3CCS(=O)CC3)NC2=O)c1. The van der Waals surface area contributed by atoms with Crippen LogP contribution >= 0.6 is 0 Å². The Bertz CT molecular complexity index is 973. The summed E-state index contributed by atoms with van der Waals surface area (Å²) in [6, 6.07) is 16.1. The predicted octanol–water partition coefficient (Wildman–Crippen LogP) is 4.28. The van der Waals surface area contributed by atoms with Gasteiger partial charge in [0, 0.05) is 22.3 Å². The molecule has 30 heavy (non-hydrogen) atoms. The van der Waals surface area contributed by atoms with Gasteiger partial charge in [0.1, 0.15) is 12.4 Å². The minimum Gasteiger partial charge on any atom is -0.490 e. The van der Waals surface area contributed by atoms with Crippen LogP contribution in [0.25, 0.3) is 5.57 Å². The highest BCUT2D eigenvalue weighted by atomic mass is 32.2. The molecule has 0 saturated carbocycles. The quantitative estimate of drug-likeness (QED) is 0.755. The highest BCUT2D eigenvalue weighted by molar-refractivity contribution is 7.85. The molecule has 2 aliphatic rings. The molecule has 0 aromatic heterocycles. The molecule has 0 bridgehead atoms. The second-order valence-electron chi connectivity index (χ2n) is 8.39. The van der Waals surface area contributed by atoms with Crippen LogP contribution < -0.4 is 5.32 Å². The fraction of sp³-hybridized carbons (Fsp3) is 0.400. The van der Waals surface area contributed by atoms with Gasteiger partial charge >= 0.3 is 0 Å². The standard InChI is InChI=1S/C25H29NO3S/c1-17-8-9-18(2)21(14-17)23-24(29-16-20-6-4-3-5-7-20)22(26-25(23)27)15-19-10-12-30(28)13-11-19/h3-9,14,19,22H,10-13,15-16H2,1-2H3,(H,26,27). The van der Waals surface area contributed by atoms with Gasteiger partial charge in [-0.05, 0) is 55.7 Å². The molecule has 2 heterocycles. The summed E-state index contributed by atoms with van der Waals surface area (Å²) in [7, 11) is -0.681. The Morgan fingerprint density at radius 2 is 1.80 bits per heavy atom.